The first-order valence-electron chi connectivity index (χ1n) is 5.44. The lowest BCUT2D eigenvalue weighted by Crippen LogP contribution is -2.26. The van der Waals surface area contributed by atoms with Crippen molar-refractivity contribution in [2.75, 3.05) is 13.1 Å². The Balaban J connectivity index is 3.17. The van der Waals surface area contributed by atoms with Crippen molar-refractivity contribution < 1.29 is 17.7 Å². The van der Waals surface area contributed by atoms with Crippen LogP contribution in [0.3, 0.4) is 0 Å². The van der Waals surface area contributed by atoms with Crippen LogP contribution in [-0.2, 0) is 10.0 Å². The molecule has 0 saturated heterocycles. The molecule has 0 unspecified atom stereocenters. The minimum Gasteiger partial charge on any atom is -0.330 e. The number of hydrogen-bond donors (Lipinski definition) is 2. The van der Waals surface area contributed by atoms with Gasteiger partial charge in [-0.1, -0.05) is 0 Å². The summed E-state index contributed by atoms with van der Waals surface area (Å²) < 4.78 is 39.4. The van der Waals surface area contributed by atoms with E-state index >= 15 is 0 Å². The van der Waals surface area contributed by atoms with E-state index in [0.717, 1.165) is 6.07 Å². The predicted octanol–water partition coefficient (Wildman–Crippen LogP) is 0.669. The van der Waals surface area contributed by atoms with Crippen LogP contribution in [0.25, 0.3) is 0 Å². The van der Waals surface area contributed by atoms with Crippen molar-refractivity contribution in [2.45, 2.75) is 18.2 Å². The van der Waals surface area contributed by atoms with E-state index < -0.39 is 26.5 Å². The molecule has 0 atom stereocenters. The number of rotatable bonds is 6. The van der Waals surface area contributed by atoms with Gasteiger partial charge < -0.3 is 5.73 Å². The normalized spacial score (nSPS) is 11.5. The van der Waals surface area contributed by atoms with E-state index in [1.54, 1.807) is 0 Å². The maximum Gasteiger partial charge on any atom is 0.306 e. The highest BCUT2D eigenvalue weighted by Gasteiger charge is 2.23. The number of nitrogens with zero attached hydrogens (tertiary/aromatic N) is 1. The van der Waals surface area contributed by atoms with Gasteiger partial charge in [0, 0.05) is 12.6 Å². The molecule has 9 heteroatoms. The SMILES string of the molecule is Cc1cc(S(=O)(=O)NCCCN)cc([N+](=O)[O-])c1F. The Kier molecular flexibility index (Phi) is 4.92. The summed E-state index contributed by atoms with van der Waals surface area (Å²) in [6.07, 6.45) is 0.432. The molecule has 0 spiro atoms. The average Bonchev–Trinajstić information content (AvgIpc) is 2.32. The molecule has 7 nitrogen and oxygen atoms in total. The van der Waals surface area contributed by atoms with Crippen molar-refractivity contribution in [2.24, 2.45) is 5.73 Å². The van der Waals surface area contributed by atoms with Gasteiger partial charge >= 0.3 is 5.69 Å². The molecule has 3 N–H and O–H groups in total. The molecule has 0 amide bonds. The zero-order chi connectivity index (χ0) is 14.6. The number of aryl methyl sites for hydroxylation is 1. The van der Waals surface area contributed by atoms with Crippen LogP contribution in [-0.4, -0.2) is 26.4 Å². The molecule has 0 bridgehead atoms. The summed E-state index contributed by atoms with van der Waals surface area (Å²) in [5.41, 5.74) is 4.27. The molecule has 0 radical (unpaired) electrons. The van der Waals surface area contributed by atoms with Gasteiger partial charge in [-0.15, -0.1) is 0 Å². The summed E-state index contributed by atoms with van der Waals surface area (Å²) in [7, 11) is -3.90. The molecule has 19 heavy (non-hydrogen) atoms. The second-order valence-corrected chi connectivity index (χ2v) is 5.64. The Morgan fingerprint density at radius 3 is 2.63 bits per heavy atom. The molecule has 0 saturated carbocycles. The van der Waals surface area contributed by atoms with Crippen LogP contribution in [0.1, 0.15) is 12.0 Å². The molecule has 1 rings (SSSR count). The number of nitro benzene ring substituents is 1. The maximum absolute atomic E-state index is 13.5. The minimum absolute atomic E-state index is 0.103. The molecule has 0 aliphatic heterocycles. The Morgan fingerprint density at radius 1 is 1.47 bits per heavy atom. The van der Waals surface area contributed by atoms with Crippen LogP contribution < -0.4 is 10.5 Å². The van der Waals surface area contributed by atoms with E-state index in [4.69, 9.17) is 5.73 Å². The molecular formula is C10H14FN3O4S. The van der Waals surface area contributed by atoms with E-state index in [1.165, 1.54) is 6.92 Å². The Labute approximate surface area is 109 Å². The Bertz CT molecular complexity index is 589. The van der Waals surface area contributed by atoms with E-state index in [1.807, 2.05) is 0 Å². The van der Waals surface area contributed by atoms with Crippen molar-refractivity contribution in [3.63, 3.8) is 0 Å². The molecule has 0 fully saturated rings. The molecule has 106 valence electrons. The highest BCUT2D eigenvalue weighted by atomic mass is 32.2. The lowest BCUT2D eigenvalue weighted by Gasteiger charge is -2.07. The van der Waals surface area contributed by atoms with Crippen molar-refractivity contribution in [1.82, 2.24) is 4.72 Å². The fraction of sp³-hybridized carbons (Fsp3) is 0.400. The van der Waals surface area contributed by atoms with Crippen molar-refractivity contribution in [3.05, 3.63) is 33.6 Å². The number of nitro groups is 1. The highest BCUT2D eigenvalue weighted by molar-refractivity contribution is 7.89. The predicted molar refractivity (Wildman–Crippen MR) is 66.7 cm³/mol. The second-order valence-electron chi connectivity index (χ2n) is 3.87. The molecule has 1 aromatic carbocycles. The van der Waals surface area contributed by atoms with Gasteiger partial charge in [-0.25, -0.2) is 13.1 Å². The van der Waals surface area contributed by atoms with Crippen LogP contribution in [0.2, 0.25) is 0 Å². The summed E-state index contributed by atoms with van der Waals surface area (Å²) in [5.74, 6) is -1.04. The minimum atomic E-state index is -3.90. The summed E-state index contributed by atoms with van der Waals surface area (Å²) in [5, 5.41) is 10.6. The summed E-state index contributed by atoms with van der Waals surface area (Å²) >= 11 is 0. The van der Waals surface area contributed by atoms with Gasteiger partial charge in [0.2, 0.25) is 15.8 Å². The van der Waals surface area contributed by atoms with Crippen molar-refractivity contribution in [3.8, 4) is 0 Å². The second kappa shape index (κ2) is 6.04. The summed E-state index contributed by atoms with van der Waals surface area (Å²) in [6.45, 7) is 1.69. The topological polar surface area (TPSA) is 115 Å². The van der Waals surface area contributed by atoms with Gasteiger partial charge in [-0.05, 0) is 31.5 Å². The Hall–Kier alpha value is -1.58. The quantitative estimate of drug-likeness (QED) is 0.454. The molecule has 0 heterocycles. The smallest absolute Gasteiger partial charge is 0.306 e. The lowest BCUT2D eigenvalue weighted by molar-refractivity contribution is -0.387. The maximum atomic E-state index is 13.5. The number of nitrogens with one attached hydrogen (secondary N) is 1. The number of benzene rings is 1. The number of sulfonamides is 1. The standard InChI is InChI=1S/C10H14FN3O4S/c1-7-5-8(6-9(10(7)11)14(15)16)19(17,18)13-4-2-3-12/h5-6,13H,2-4,12H2,1H3. The first kappa shape index (κ1) is 15.5. The molecule has 0 aromatic heterocycles. The van der Waals surface area contributed by atoms with Crippen LogP contribution in [0.15, 0.2) is 17.0 Å². The first-order chi connectivity index (χ1) is 8.79. The summed E-state index contributed by atoms with van der Waals surface area (Å²) in [4.78, 5) is 9.35. The fourth-order valence-electron chi connectivity index (χ4n) is 1.40. The third kappa shape index (κ3) is 3.69. The van der Waals surface area contributed by atoms with E-state index in [-0.39, 0.29) is 17.0 Å². The third-order valence-corrected chi connectivity index (χ3v) is 3.83. The van der Waals surface area contributed by atoms with Crippen LogP contribution >= 0.6 is 0 Å². The van der Waals surface area contributed by atoms with Crippen molar-refractivity contribution >= 4 is 15.7 Å². The number of nitrogens with two attached hydrogens (primary N) is 1. The van der Waals surface area contributed by atoms with Crippen LogP contribution in [0.4, 0.5) is 10.1 Å². The van der Waals surface area contributed by atoms with Gasteiger partial charge in [-0.2, -0.15) is 4.39 Å². The van der Waals surface area contributed by atoms with Crippen molar-refractivity contribution in [1.29, 1.82) is 0 Å². The third-order valence-electron chi connectivity index (χ3n) is 2.39. The Morgan fingerprint density at radius 2 is 2.11 bits per heavy atom. The molecule has 0 aliphatic rings. The van der Waals surface area contributed by atoms with E-state index in [2.05, 4.69) is 4.72 Å². The zero-order valence-corrected chi connectivity index (χ0v) is 11.0. The fourth-order valence-corrected chi connectivity index (χ4v) is 2.58. The molecule has 1 aromatic rings. The number of halogens is 1. The van der Waals surface area contributed by atoms with Gasteiger partial charge in [0.25, 0.3) is 0 Å². The van der Waals surface area contributed by atoms with Gasteiger partial charge in [0.05, 0.1) is 9.82 Å². The van der Waals surface area contributed by atoms with E-state index in [9.17, 15) is 22.9 Å². The largest absolute Gasteiger partial charge is 0.330 e. The molecule has 0 aliphatic carbocycles. The lowest BCUT2D eigenvalue weighted by atomic mass is 10.2. The van der Waals surface area contributed by atoms with Gasteiger partial charge in [0.1, 0.15) is 0 Å². The molecular weight excluding hydrogens is 277 g/mol. The van der Waals surface area contributed by atoms with Gasteiger partial charge in [-0.3, -0.25) is 10.1 Å². The number of hydrogen-bond acceptors (Lipinski definition) is 5. The summed E-state index contributed by atoms with van der Waals surface area (Å²) in [6, 6.07) is 1.75. The van der Waals surface area contributed by atoms with E-state index in [0.29, 0.717) is 19.0 Å². The monoisotopic (exact) mass is 291 g/mol. The zero-order valence-electron chi connectivity index (χ0n) is 10.2. The van der Waals surface area contributed by atoms with Crippen LogP contribution in [0, 0.1) is 22.9 Å². The van der Waals surface area contributed by atoms with Crippen LogP contribution in [0.5, 0.6) is 0 Å². The van der Waals surface area contributed by atoms with Gasteiger partial charge in [0.15, 0.2) is 0 Å². The average molecular weight is 291 g/mol. The highest BCUT2D eigenvalue weighted by Crippen LogP contribution is 2.24. The first-order valence-corrected chi connectivity index (χ1v) is 6.92.